The van der Waals surface area contributed by atoms with Gasteiger partial charge in [-0.1, -0.05) is 13.8 Å². The van der Waals surface area contributed by atoms with E-state index < -0.39 is 17.3 Å². The van der Waals surface area contributed by atoms with E-state index in [1.807, 2.05) is 32.8 Å². The molecular weight excluding hydrogens is 208 g/mol. The number of amides is 1. The third-order valence-electron chi connectivity index (χ3n) is 3.23. The van der Waals surface area contributed by atoms with Crippen molar-refractivity contribution in [1.29, 1.82) is 0 Å². The summed E-state index contributed by atoms with van der Waals surface area (Å²) in [6.07, 6.45) is 0. The van der Waals surface area contributed by atoms with Gasteiger partial charge in [-0.3, -0.25) is 9.59 Å². The molecule has 0 saturated heterocycles. The Morgan fingerprint density at radius 2 is 1.88 bits per heavy atom. The maximum absolute atomic E-state index is 11.7. The summed E-state index contributed by atoms with van der Waals surface area (Å²) in [6.45, 7) is 4.96. The molecule has 0 radical (unpaired) electrons. The summed E-state index contributed by atoms with van der Waals surface area (Å²) in [5, 5.41) is 11.7. The van der Waals surface area contributed by atoms with E-state index in [-0.39, 0.29) is 11.8 Å². The first-order valence-corrected chi connectivity index (χ1v) is 5.43. The molecule has 0 aromatic heterocycles. The van der Waals surface area contributed by atoms with Gasteiger partial charge in [0.2, 0.25) is 5.91 Å². The van der Waals surface area contributed by atoms with Crippen LogP contribution in [-0.4, -0.2) is 49.1 Å². The number of carbonyl (C=O) groups excluding carboxylic acids is 1. The van der Waals surface area contributed by atoms with E-state index >= 15 is 0 Å². The summed E-state index contributed by atoms with van der Waals surface area (Å²) >= 11 is 0. The fourth-order valence-corrected chi connectivity index (χ4v) is 2.10. The summed E-state index contributed by atoms with van der Waals surface area (Å²) in [5.74, 6) is -1.93. The highest BCUT2D eigenvalue weighted by Crippen LogP contribution is 2.58. The quantitative estimate of drug-likeness (QED) is 0.696. The van der Waals surface area contributed by atoms with Gasteiger partial charge in [0.25, 0.3) is 0 Å². The van der Waals surface area contributed by atoms with Crippen molar-refractivity contribution in [1.82, 2.24) is 10.2 Å². The molecule has 1 rings (SSSR count). The molecule has 1 fully saturated rings. The number of likely N-dealkylation sites (N-methyl/N-ethyl adjacent to an activating group) is 1. The van der Waals surface area contributed by atoms with Crippen LogP contribution < -0.4 is 5.32 Å². The minimum atomic E-state index is -0.877. The highest BCUT2D eigenvalue weighted by atomic mass is 16.4. The van der Waals surface area contributed by atoms with Crippen LogP contribution in [0.25, 0.3) is 0 Å². The SMILES string of the molecule is CN(C)CCNC(=O)[C@H]1[C@@H](C(=O)O)C1(C)C. The Labute approximate surface area is 95.8 Å². The molecule has 5 heteroatoms. The van der Waals surface area contributed by atoms with E-state index in [0.717, 1.165) is 6.54 Å². The second-order valence-electron chi connectivity index (χ2n) is 5.21. The Balaban J connectivity index is 2.42. The number of carboxylic acid groups (broad SMARTS) is 1. The van der Waals surface area contributed by atoms with Crippen molar-refractivity contribution < 1.29 is 14.7 Å². The van der Waals surface area contributed by atoms with E-state index in [1.54, 1.807) is 0 Å². The Morgan fingerprint density at radius 1 is 1.31 bits per heavy atom. The lowest BCUT2D eigenvalue weighted by atomic mass is 10.1. The summed E-state index contributed by atoms with van der Waals surface area (Å²) in [6, 6.07) is 0. The van der Waals surface area contributed by atoms with E-state index in [9.17, 15) is 9.59 Å². The Hall–Kier alpha value is -1.10. The highest BCUT2D eigenvalue weighted by Gasteiger charge is 2.65. The standard InChI is InChI=1S/C11H20N2O3/c1-11(2)7(8(11)10(15)16)9(14)12-5-6-13(3)4/h7-8H,5-6H2,1-4H3,(H,12,14)(H,15,16)/t7-,8+/m1/s1. The Kier molecular flexibility index (Phi) is 3.57. The van der Waals surface area contributed by atoms with E-state index in [0.29, 0.717) is 6.54 Å². The van der Waals surface area contributed by atoms with Gasteiger partial charge >= 0.3 is 5.97 Å². The van der Waals surface area contributed by atoms with Gasteiger partial charge in [-0.25, -0.2) is 0 Å². The van der Waals surface area contributed by atoms with Crippen LogP contribution in [-0.2, 0) is 9.59 Å². The predicted molar refractivity (Wildman–Crippen MR) is 60.0 cm³/mol. The van der Waals surface area contributed by atoms with Gasteiger partial charge in [0.1, 0.15) is 0 Å². The number of nitrogens with zero attached hydrogens (tertiary/aromatic N) is 1. The molecule has 92 valence electrons. The molecule has 0 aromatic rings. The van der Waals surface area contributed by atoms with Crippen molar-refractivity contribution in [3.05, 3.63) is 0 Å². The zero-order valence-corrected chi connectivity index (χ0v) is 10.3. The maximum atomic E-state index is 11.7. The highest BCUT2D eigenvalue weighted by molar-refractivity contribution is 5.91. The van der Waals surface area contributed by atoms with Gasteiger partial charge in [-0.15, -0.1) is 0 Å². The van der Waals surface area contributed by atoms with E-state index in [1.165, 1.54) is 0 Å². The zero-order chi connectivity index (χ0) is 12.5. The Morgan fingerprint density at radius 3 is 2.25 bits per heavy atom. The van der Waals surface area contributed by atoms with Crippen LogP contribution in [0.1, 0.15) is 13.8 Å². The molecule has 1 aliphatic carbocycles. The molecule has 2 N–H and O–H groups in total. The van der Waals surface area contributed by atoms with Crippen molar-refractivity contribution in [2.45, 2.75) is 13.8 Å². The van der Waals surface area contributed by atoms with Gasteiger partial charge in [-0.05, 0) is 19.5 Å². The van der Waals surface area contributed by atoms with Crippen LogP contribution in [0.3, 0.4) is 0 Å². The lowest BCUT2D eigenvalue weighted by Crippen LogP contribution is -2.33. The number of nitrogens with one attached hydrogen (secondary N) is 1. The second kappa shape index (κ2) is 4.41. The minimum Gasteiger partial charge on any atom is -0.481 e. The topological polar surface area (TPSA) is 69.6 Å². The molecule has 1 saturated carbocycles. The van der Waals surface area contributed by atoms with Gasteiger partial charge in [0.15, 0.2) is 0 Å². The van der Waals surface area contributed by atoms with E-state index in [2.05, 4.69) is 5.32 Å². The normalized spacial score (nSPS) is 26.6. The lowest BCUT2D eigenvalue weighted by molar-refractivity contribution is -0.140. The second-order valence-corrected chi connectivity index (χ2v) is 5.21. The molecule has 1 amide bonds. The van der Waals surface area contributed by atoms with Crippen molar-refractivity contribution in [2.24, 2.45) is 17.3 Å². The van der Waals surface area contributed by atoms with Crippen molar-refractivity contribution in [3.8, 4) is 0 Å². The van der Waals surface area contributed by atoms with Crippen molar-refractivity contribution >= 4 is 11.9 Å². The molecule has 0 bridgehead atoms. The number of rotatable bonds is 5. The smallest absolute Gasteiger partial charge is 0.307 e. The first-order valence-electron chi connectivity index (χ1n) is 5.43. The van der Waals surface area contributed by atoms with Gasteiger partial charge < -0.3 is 15.3 Å². The molecule has 0 aliphatic heterocycles. The minimum absolute atomic E-state index is 0.140. The maximum Gasteiger partial charge on any atom is 0.307 e. The number of hydrogen-bond donors (Lipinski definition) is 2. The molecule has 0 spiro atoms. The van der Waals surface area contributed by atoms with Crippen LogP contribution in [0.5, 0.6) is 0 Å². The van der Waals surface area contributed by atoms with Crippen LogP contribution in [0, 0.1) is 17.3 Å². The predicted octanol–water partition coefficient (Wildman–Crippen LogP) is 0.0210. The third-order valence-corrected chi connectivity index (χ3v) is 3.23. The number of hydrogen-bond acceptors (Lipinski definition) is 3. The first kappa shape index (κ1) is 13.0. The number of aliphatic carboxylic acids is 1. The molecule has 5 nitrogen and oxygen atoms in total. The zero-order valence-electron chi connectivity index (χ0n) is 10.3. The number of carboxylic acids is 1. The molecule has 0 aromatic carbocycles. The summed E-state index contributed by atoms with van der Waals surface area (Å²) in [5.41, 5.74) is -0.409. The fraction of sp³-hybridized carbons (Fsp3) is 0.818. The van der Waals surface area contributed by atoms with Gasteiger partial charge in [0, 0.05) is 13.1 Å². The molecule has 1 aliphatic rings. The average molecular weight is 228 g/mol. The molecule has 0 heterocycles. The summed E-state index contributed by atoms with van der Waals surface area (Å²) in [4.78, 5) is 24.6. The summed E-state index contributed by atoms with van der Waals surface area (Å²) < 4.78 is 0. The molecular formula is C11H20N2O3. The van der Waals surface area contributed by atoms with E-state index in [4.69, 9.17) is 5.11 Å². The fourth-order valence-electron chi connectivity index (χ4n) is 2.10. The monoisotopic (exact) mass is 228 g/mol. The Bertz CT molecular complexity index is 300. The van der Waals surface area contributed by atoms with Crippen LogP contribution >= 0.6 is 0 Å². The summed E-state index contributed by atoms with van der Waals surface area (Å²) in [7, 11) is 3.85. The molecule has 2 atom stereocenters. The largest absolute Gasteiger partial charge is 0.481 e. The number of carbonyl (C=O) groups is 2. The van der Waals surface area contributed by atoms with Crippen molar-refractivity contribution in [2.75, 3.05) is 27.2 Å². The first-order chi connectivity index (χ1) is 7.28. The van der Waals surface area contributed by atoms with Crippen LogP contribution in [0.15, 0.2) is 0 Å². The van der Waals surface area contributed by atoms with Crippen LogP contribution in [0.4, 0.5) is 0 Å². The van der Waals surface area contributed by atoms with Gasteiger partial charge in [0.05, 0.1) is 11.8 Å². The van der Waals surface area contributed by atoms with Crippen LogP contribution in [0.2, 0.25) is 0 Å². The van der Waals surface area contributed by atoms with Crippen molar-refractivity contribution in [3.63, 3.8) is 0 Å². The third kappa shape index (κ3) is 2.52. The molecule has 0 unspecified atom stereocenters. The lowest BCUT2D eigenvalue weighted by Gasteiger charge is -2.10. The van der Waals surface area contributed by atoms with Gasteiger partial charge in [-0.2, -0.15) is 0 Å². The molecule has 16 heavy (non-hydrogen) atoms. The average Bonchev–Trinajstić information content (AvgIpc) is 2.68.